The van der Waals surface area contributed by atoms with Crippen LogP contribution in [0.5, 0.6) is 0 Å². The molecule has 2 amide bonds. The maximum absolute atomic E-state index is 11.6. The molecule has 0 aliphatic rings. The number of pyridine rings is 1. The van der Waals surface area contributed by atoms with Crippen LogP contribution in [0.3, 0.4) is 0 Å². The summed E-state index contributed by atoms with van der Waals surface area (Å²) in [7, 11) is 0. The zero-order chi connectivity index (χ0) is 15.2. The number of aromatic carboxylic acids is 1. The normalized spacial score (nSPS) is 10.1. The Hall–Kier alpha value is -2.97. The Kier molecular flexibility index (Phi) is 4.44. The van der Waals surface area contributed by atoms with Gasteiger partial charge in [0.05, 0.1) is 24.3 Å². The molecule has 0 saturated carbocycles. The number of carbonyl (C=O) groups is 2. The van der Waals surface area contributed by atoms with E-state index in [2.05, 4.69) is 25.8 Å². The lowest BCUT2D eigenvalue weighted by Gasteiger charge is -2.06. The molecule has 0 saturated heterocycles. The summed E-state index contributed by atoms with van der Waals surface area (Å²) in [5.74, 6) is -0.259. The lowest BCUT2D eigenvalue weighted by molar-refractivity contribution is 0.0696. The molecule has 0 unspecified atom stereocenters. The lowest BCUT2D eigenvalue weighted by Crippen LogP contribution is -2.34. The molecule has 0 aliphatic heterocycles. The van der Waals surface area contributed by atoms with Crippen LogP contribution < -0.4 is 10.6 Å². The van der Waals surface area contributed by atoms with Gasteiger partial charge in [-0.3, -0.25) is 4.98 Å². The molecule has 9 heteroatoms. The minimum atomic E-state index is -1.05. The molecule has 21 heavy (non-hydrogen) atoms. The molecular weight excluding hydrogens is 278 g/mol. The van der Waals surface area contributed by atoms with Crippen LogP contribution in [0.2, 0.25) is 0 Å². The van der Waals surface area contributed by atoms with E-state index in [-0.39, 0.29) is 18.7 Å². The van der Waals surface area contributed by atoms with Gasteiger partial charge in [-0.05, 0) is 19.1 Å². The first-order valence-electron chi connectivity index (χ1n) is 6.03. The average molecular weight is 291 g/mol. The van der Waals surface area contributed by atoms with Crippen LogP contribution in [0.4, 0.5) is 4.79 Å². The van der Waals surface area contributed by atoms with Gasteiger partial charge in [-0.15, -0.1) is 0 Å². The second kappa shape index (κ2) is 6.46. The largest absolute Gasteiger partial charge is 0.478 e. The van der Waals surface area contributed by atoms with Crippen molar-refractivity contribution >= 4 is 12.0 Å². The first-order valence-corrected chi connectivity index (χ1v) is 6.03. The van der Waals surface area contributed by atoms with Gasteiger partial charge in [0, 0.05) is 6.20 Å². The predicted octanol–water partition coefficient (Wildman–Crippen LogP) is 0.471. The second-order valence-corrected chi connectivity index (χ2v) is 4.11. The fourth-order valence-corrected chi connectivity index (χ4v) is 1.51. The minimum Gasteiger partial charge on any atom is -0.478 e. The Morgan fingerprint density at radius 1 is 1.33 bits per heavy atom. The van der Waals surface area contributed by atoms with E-state index in [1.54, 1.807) is 6.92 Å². The Morgan fingerprint density at radius 2 is 2.10 bits per heavy atom. The topological polar surface area (TPSA) is 130 Å². The summed E-state index contributed by atoms with van der Waals surface area (Å²) in [6.45, 7) is 1.89. The molecule has 2 aromatic rings. The van der Waals surface area contributed by atoms with Crippen molar-refractivity contribution in [1.82, 2.24) is 25.8 Å². The smallest absolute Gasteiger partial charge is 0.335 e. The van der Waals surface area contributed by atoms with E-state index in [0.29, 0.717) is 17.4 Å². The Labute approximate surface area is 119 Å². The number of amides is 2. The quantitative estimate of drug-likeness (QED) is 0.729. The molecular formula is C12H13N5O4. The van der Waals surface area contributed by atoms with Crippen LogP contribution in [-0.2, 0) is 13.1 Å². The number of aryl methyl sites for hydroxylation is 1. The van der Waals surface area contributed by atoms with Crippen LogP contribution in [-0.4, -0.2) is 32.2 Å². The molecule has 2 rings (SSSR count). The Bertz CT molecular complexity index is 655. The maximum Gasteiger partial charge on any atom is 0.335 e. The van der Waals surface area contributed by atoms with Crippen molar-refractivity contribution in [3.05, 3.63) is 41.3 Å². The highest BCUT2D eigenvalue weighted by molar-refractivity contribution is 5.87. The fraction of sp³-hybridized carbons (Fsp3) is 0.250. The third-order valence-electron chi connectivity index (χ3n) is 2.46. The van der Waals surface area contributed by atoms with Crippen molar-refractivity contribution in [2.75, 3.05) is 0 Å². The van der Waals surface area contributed by atoms with Crippen LogP contribution in [0.15, 0.2) is 22.9 Å². The highest BCUT2D eigenvalue weighted by Crippen LogP contribution is 2.01. The number of nitrogens with zero attached hydrogens (tertiary/aromatic N) is 3. The zero-order valence-corrected chi connectivity index (χ0v) is 11.2. The zero-order valence-electron chi connectivity index (χ0n) is 11.2. The van der Waals surface area contributed by atoms with E-state index in [4.69, 9.17) is 9.63 Å². The molecule has 0 bridgehead atoms. The molecule has 2 heterocycles. The summed E-state index contributed by atoms with van der Waals surface area (Å²) in [5, 5.41) is 17.5. The van der Waals surface area contributed by atoms with Crippen molar-refractivity contribution in [3.8, 4) is 0 Å². The highest BCUT2D eigenvalue weighted by atomic mass is 16.5. The van der Waals surface area contributed by atoms with E-state index in [9.17, 15) is 9.59 Å². The van der Waals surface area contributed by atoms with E-state index < -0.39 is 12.0 Å². The lowest BCUT2D eigenvalue weighted by atomic mass is 10.2. The van der Waals surface area contributed by atoms with Crippen LogP contribution in [0.1, 0.15) is 27.8 Å². The van der Waals surface area contributed by atoms with Gasteiger partial charge in [0.15, 0.2) is 5.82 Å². The Morgan fingerprint density at radius 3 is 2.76 bits per heavy atom. The third-order valence-corrected chi connectivity index (χ3v) is 2.46. The fourth-order valence-electron chi connectivity index (χ4n) is 1.51. The molecule has 0 radical (unpaired) electrons. The number of hydrogen-bond acceptors (Lipinski definition) is 6. The van der Waals surface area contributed by atoms with Crippen molar-refractivity contribution in [1.29, 1.82) is 0 Å². The first kappa shape index (κ1) is 14.4. The molecule has 3 N–H and O–H groups in total. The van der Waals surface area contributed by atoms with E-state index in [1.807, 2.05) is 0 Å². The van der Waals surface area contributed by atoms with Crippen LogP contribution >= 0.6 is 0 Å². The number of carboxylic acids is 1. The van der Waals surface area contributed by atoms with Gasteiger partial charge in [-0.25, -0.2) is 9.59 Å². The first-order chi connectivity index (χ1) is 10.0. The van der Waals surface area contributed by atoms with Crippen molar-refractivity contribution in [2.45, 2.75) is 20.0 Å². The number of carbonyl (C=O) groups excluding carboxylic acids is 1. The van der Waals surface area contributed by atoms with E-state index in [1.165, 1.54) is 18.3 Å². The summed E-state index contributed by atoms with van der Waals surface area (Å²) in [4.78, 5) is 30.3. The number of nitrogens with one attached hydrogen (secondary N) is 2. The third kappa shape index (κ3) is 4.27. The number of hydrogen-bond donors (Lipinski definition) is 3. The number of rotatable bonds is 5. The summed E-state index contributed by atoms with van der Waals surface area (Å²) in [6, 6.07) is 2.32. The second-order valence-electron chi connectivity index (χ2n) is 4.11. The highest BCUT2D eigenvalue weighted by Gasteiger charge is 2.07. The predicted molar refractivity (Wildman–Crippen MR) is 69.3 cm³/mol. The van der Waals surface area contributed by atoms with Crippen LogP contribution in [0, 0.1) is 6.92 Å². The summed E-state index contributed by atoms with van der Waals surface area (Å²) < 4.78 is 4.84. The van der Waals surface area contributed by atoms with Gasteiger partial charge < -0.3 is 20.3 Å². The number of carboxylic acid groups (broad SMARTS) is 1. The Balaban J connectivity index is 1.81. The van der Waals surface area contributed by atoms with E-state index in [0.717, 1.165) is 0 Å². The van der Waals surface area contributed by atoms with Crippen molar-refractivity contribution in [3.63, 3.8) is 0 Å². The van der Waals surface area contributed by atoms with Gasteiger partial charge in [-0.1, -0.05) is 5.16 Å². The van der Waals surface area contributed by atoms with Gasteiger partial charge in [-0.2, -0.15) is 4.98 Å². The molecule has 0 fully saturated rings. The molecule has 110 valence electrons. The minimum absolute atomic E-state index is 0.106. The average Bonchev–Trinajstić information content (AvgIpc) is 2.89. The van der Waals surface area contributed by atoms with Gasteiger partial charge in [0.25, 0.3) is 0 Å². The van der Waals surface area contributed by atoms with E-state index >= 15 is 0 Å². The monoisotopic (exact) mass is 291 g/mol. The summed E-state index contributed by atoms with van der Waals surface area (Å²) in [6.07, 6.45) is 1.37. The number of aromatic nitrogens is 3. The summed E-state index contributed by atoms with van der Waals surface area (Å²) >= 11 is 0. The van der Waals surface area contributed by atoms with Crippen LogP contribution in [0.25, 0.3) is 0 Å². The maximum atomic E-state index is 11.6. The SMILES string of the molecule is Cc1noc(CNC(=O)NCc2cc(C(=O)O)ccn2)n1. The van der Waals surface area contributed by atoms with Gasteiger partial charge >= 0.3 is 12.0 Å². The standard InChI is InChI=1S/C12H13N5O4/c1-7-16-10(21-17-7)6-15-12(20)14-5-9-4-8(11(18)19)2-3-13-9/h2-4H,5-6H2,1H3,(H,18,19)(H2,14,15,20). The summed E-state index contributed by atoms with van der Waals surface area (Å²) in [5.41, 5.74) is 0.558. The van der Waals surface area contributed by atoms with Crippen molar-refractivity contribution in [2.24, 2.45) is 0 Å². The molecule has 0 spiro atoms. The molecule has 0 aliphatic carbocycles. The van der Waals surface area contributed by atoms with Gasteiger partial charge in [0.2, 0.25) is 5.89 Å². The number of urea groups is 1. The molecule has 9 nitrogen and oxygen atoms in total. The molecule has 0 atom stereocenters. The molecule has 2 aromatic heterocycles. The molecule has 0 aromatic carbocycles. The van der Waals surface area contributed by atoms with Crippen molar-refractivity contribution < 1.29 is 19.2 Å². The van der Waals surface area contributed by atoms with Gasteiger partial charge in [0.1, 0.15) is 0 Å².